The van der Waals surface area contributed by atoms with E-state index >= 15 is 0 Å². The predicted molar refractivity (Wildman–Crippen MR) is 133 cm³/mol. The first kappa shape index (κ1) is 26.7. The zero-order chi connectivity index (χ0) is 24.9. The highest BCUT2D eigenvalue weighted by atomic mass is 35.5. The molecule has 0 saturated carbocycles. The highest BCUT2D eigenvalue weighted by molar-refractivity contribution is 7.92. The van der Waals surface area contributed by atoms with Gasteiger partial charge in [-0.2, -0.15) is 0 Å². The monoisotopic (exact) mass is 493 g/mol. The van der Waals surface area contributed by atoms with E-state index in [0.717, 1.165) is 27.3 Å². The van der Waals surface area contributed by atoms with E-state index in [-0.39, 0.29) is 18.5 Å². The van der Waals surface area contributed by atoms with Crippen LogP contribution in [0.15, 0.2) is 42.5 Å². The number of aryl methyl sites for hydroxylation is 2. The maximum atomic E-state index is 13.5. The first-order valence-corrected chi connectivity index (χ1v) is 12.9. The third-order valence-corrected chi connectivity index (χ3v) is 6.67. The first-order chi connectivity index (χ1) is 15.3. The topological polar surface area (TPSA) is 86.8 Å². The Kier molecular flexibility index (Phi) is 8.91. The molecule has 9 heteroatoms. The SMILES string of the molecule is Cc1ccc(N(CC(=O)N(Cc2cccc(Cl)c2)C(C)C(=O)NC(C)C)S(C)(=O)=O)cc1C. The molecule has 0 heterocycles. The molecule has 2 amide bonds. The van der Waals surface area contributed by atoms with Crippen LogP contribution in [0.1, 0.15) is 37.5 Å². The molecule has 1 unspecified atom stereocenters. The molecule has 0 bridgehead atoms. The van der Waals surface area contributed by atoms with E-state index in [0.29, 0.717) is 10.7 Å². The van der Waals surface area contributed by atoms with E-state index in [9.17, 15) is 18.0 Å². The van der Waals surface area contributed by atoms with Gasteiger partial charge in [-0.1, -0.05) is 29.8 Å². The largest absolute Gasteiger partial charge is 0.352 e. The van der Waals surface area contributed by atoms with Gasteiger partial charge < -0.3 is 10.2 Å². The smallest absolute Gasteiger partial charge is 0.244 e. The molecule has 2 aromatic rings. The number of carbonyl (C=O) groups excluding carboxylic acids is 2. The number of hydrogen-bond acceptors (Lipinski definition) is 4. The number of halogens is 1. The fraction of sp³-hybridized carbons (Fsp3) is 0.417. The summed E-state index contributed by atoms with van der Waals surface area (Å²) >= 11 is 6.10. The summed E-state index contributed by atoms with van der Waals surface area (Å²) in [6.07, 6.45) is 1.06. The molecule has 0 fully saturated rings. The molecule has 2 rings (SSSR count). The second-order valence-electron chi connectivity index (χ2n) is 8.53. The predicted octanol–water partition coefficient (Wildman–Crippen LogP) is 3.66. The summed E-state index contributed by atoms with van der Waals surface area (Å²) in [5.74, 6) is -0.817. The van der Waals surface area contributed by atoms with Crippen LogP contribution in [0.4, 0.5) is 5.69 Å². The van der Waals surface area contributed by atoms with Crippen molar-refractivity contribution >= 4 is 39.1 Å². The van der Waals surface area contributed by atoms with Gasteiger partial charge in [-0.25, -0.2) is 8.42 Å². The lowest BCUT2D eigenvalue weighted by Gasteiger charge is -2.32. The minimum Gasteiger partial charge on any atom is -0.352 e. The van der Waals surface area contributed by atoms with Crippen molar-refractivity contribution in [1.82, 2.24) is 10.2 Å². The fourth-order valence-corrected chi connectivity index (χ4v) is 4.37. The van der Waals surface area contributed by atoms with Crippen LogP contribution in [0.25, 0.3) is 0 Å². The summed E-state index contributed by atoms with van der Waals surface area (Å²) in [5, 5.41) is 3.32. The molecular weight excluding hydrogens is 462 g/mol. The van der Waals surface area contributed by atoms with Gasteiger partial charge in [0.15, 0.2) is 0 Å². The minimum atomic E-state index is -3.76. The lowest BCUT2D eigenvalue weighted by molar-refractivity contribution is -0.139. The zero-order valence-electron chi connectivity index (χ0n) is 19.9. The number of carbonyl (C=O) groups is 2. The molecule has 0 saturated heterocycles. The Hall–Kier alpha value is -2.58. The second-order valence-corrected chi connectivity index (χ2v) is 10.9. The summed E-state index contributed by atoms with van der Waals surface area (Å²) in [6, 6.07) is 11.3. The Bertz CT molecular complexity index is 1120. The quantitative estimate of drug-likeness (QED) is 0.577. The van der Waals surface area contributed by atoms with E-state index < -0.39 is 28.5 Å². The Balaban J connectivity index is 2.41. The summed E-state index contributed by atoms with van der Waals surface area (Å²) < 4.78 is 26.3. The van der Waals surface area contributed by atoms with Crippen molar-refractivity contribution in [2.24, 2.45) is 0 Å². The summed E-state index contributed by atoms with van der Waals surface area (Å²) in [4.78, 5) is 27.6. The van der Waals surface area contributed by atoms with Crippen LogP contribution in [-0.2, 0) is 26.2 Å². The van der Waals surface area contributed by atoms with E-state index in [1.165, 1.54) is 4.90 Å². The number of amides is 2. The lowest BCUT2D eigenvalue weighted by atomic mass is 10.1. The maximum Gasteiger partial charge on any atom is 0.244 e. The minimum absolute atomic E-state index is 0.105. The summed E-state index contributed by atoms with van der Waals surface area (Å²) in [5.41, 5.74) is 3.06. The maximum absolute atomic E-state index is 13.5. The third kappa shape index (κ3) is 7.47. The van der Waals surface area contributed by atoms with Crippen molar-refractivity contribution in [2.75, 3.05) is 17.1 Å². The number of nitrogens with zero attached hydrogens (tertiary/aromatic N) is 2. The van der Waals surface area contributed by atoms with E-state index in [1.54, 1.807) is 43.3 Å². The molecule has 7 nitrogen and oxygen atoms in total. The van der Waals surface area contributed by atoms with Crippen molar-refractivity contribution in [3.8, 4) is 0 Å². The molecule has 0 radical (unpaired) electrons. The van der Waals surface area contributed by atoms with Crippen molar-refractivity contribution in [3.05, 3.63) is 64.2 Å². The van der Waals surface area contributed by atoms with Crippen LogP contribution in [0, 0.1) is 13.8 Å². The van der Waals surface area contributed by atoms with Gasteiger partial charge in [0.1, 0.15) is 12.6 Å². The van der Waals surface area contributed by atoms with Crippen LogP contribution < -0.4 is 9.62 Å². The average Bonchev–Trinajstić information content (AvgIpc) is 2.70. The number of nitrogens with one attached hydrogen (secondary N) is 1. The van der Waals surface area contributed by atoms with E-state index in [1.807, 2.05) is 33.8 Å². The fourth-order valence-electron chi connectivity index (χ4n) is 3.31. The second kappa shape index (κ2) is 11.0. The first-order valence-electron chi connectivity index (χ1n) is 10.7. The molecule has 33 heavy (non-hydrogen) atoms. The molecule has 0 aromatic heterocycles. The Morgan fingerprint density at radius 3 is 2.24 bits per heavy atom. The zero-order valence-corrected chi connectivity index (χ0v) is 21.5. The van der Waals surface area contributed by atoms with Crippen molar-refractivity contribution in [2.45, 2.75) is 53.2 Å². The highest BCUT2D eigenvalue weighted by Crippen LogP contribution is 2.22. The van der Waals surface area contributed by atoms with Crippen molar-refractivity contribution in [3.63, 3.8) is 0 Å². The van der Waals surface area contributed by atoms with Crippen LogP contribution in [0.5, 0.6) is 0 Å². The Labute approximate surface area is 201 Å². The van der Waals surface area contributed by atoms with Crippen molar-refractivity contribution < 1.29 is 18.0 Å². The molecule has 0 aliphatic heterocycles. The van der Waals surface area contributed by atoms with Gasteiger partial charge in [0.25, 0.3) is 0 Å². The van der Waals surface area contributed by atoms with Gasteiger partial charge in [-0.3, -0.25) is 13.9 Å². The molecular formula is C24H32ClN3O4S. The number of hydrogen-bond donors (Lipinski definition) is 1. The number of rotatable bonds is 9. The van der Waals surface area contributed by atoms with Gasteiger partial charge in [0, 0.05) is 17.6 Å². The normalized spacial score (nSPS) is 12.4. The molecule has 0 aliphatic rings. The van der Waals surface area contributed by atoms with Gasteiger partial charge in [0.05, 0.1) is 11.9 Å². The Morgan fingerprint density at radius 1 is 1.03 bits per heavy atom. The van der Waals surface area contributed by atoms with Crippen LogP contribution in [0.2, 0.25) is 5.02 Å². The van der Waals surface area contributed by atoms with Crippen LogP contribution in [0.3, 0.4) is 0 Å². The van der Waals surface area contributed by atoms with Crippen molar-refractivity contribution in [1.29, 1.82) is 0 Å². The van der Waals surface area contributed by atoms with E-state index in [2.05, 4.69) is 5.32 Å². The molecule has 1 atom stereocenters. The summed E-state index contributed by atoms with van der Waals surface area (Å²) in [6.45, 7) is 8.78. The third-order valence-electron chi connectivity index (χ3n) is 5.30. The molecule has 2 aromatic carbocycles. The van der Waals surface area contributed by atoms with Crippen LogP contribution in [-0.4, -0.2) is 50.0 Å². The van der Waals surface area contributed by atoms with Gasteiger partial charge in [-0.05, 0) is 75.6 Å². The molecule has 1 N–H and O–H groups in total. The number of anilines is 1. The van der Waals surface area contributed by atoms with E-state index in [4.69, 9.17) is 11.6 Å². The number of benzene rings is 2. The highest BCUT2D eigenvalue weighted by Gasteiger charge is 2.30. The van der Waals surface area contributed by atoms with Gasteiger partial charge in [0.2, 0.25) is 21.8 Å². The molecule has 0 spiro atoms. The van der Waals surface area contributed by atoms with Gasteiger partial charge in [-0.15, -0.1) is 0 Å². The average molecular weight is 494 g/mol. The standard InChI is InChI=1S/C24H32ClN3O4S/c1-16(2)26-24(30)19(5)27(14-20-8-7-9-21(25)13-20)23(29)15-28(33(6,31)32)22-11-10-17(3)18(4)12-22/h7-13,16,19H,14-15H2,1-6H3,(H,26,30). The van der Waals surface area contributed by atoms with Gasteiger partial charge >= 0.3 is 0 Å². The number of sulfonamides is 1. The summed E-state index contributed by atoms with van der Waals surface area (Å²) in [7, 11) is -3.76. The molecule has 180 valence electrons. The Morgan fingerprint density at radius 2 is 1.70 bits per heavy atom. The lowest BCUT2D eigenvalue weighted by Crippen LogP contribution is -2.52. The molecule has 0 aliphatic carbocycles. The van der Waals surface area contributed by atoms with Crippen LogP contribution >= 0.6 is 11.6 Å².